The van der Waals surface area contributed by atoms with Crippen molar-refractivity contribution in [3.05, 3.63) is 23.9 Å². The number of nitrogens with zero attached hydrogens (tertiary/aromatic N) is 4. The molecule has 0 radical (unpaired) electrons. The molecule has 3 heterocycles. The van der Waals surface area contributed by atoms with Gasteiger partial charge in [0.1, 0.15) is 5.69 Å². The van der Waals surface area contributed by atoms with Crippen molar-refractivity contribution in [2.24, 2.45) is 5.92 Å². The SMILES string of the molecule is Cc1cccc(-c2nc3n(n2)C(C2CC2)CCN3)n1. The van der Waals surface area contributed by atoms with E-state index in [1.165, 1.54) is 12.8 Å². The first-order valence-corrected chi connectivity index (χ1v) is 6.96. The van der Waals surface area contributed by atoms with Crippen LogP contribution in [0.5, 0.6) is 0 Å². The summed E-state index contributed by atoms with van der Waals surface area (Å²) in [5.41, 5.74) is 1.86. The van der Waals surface area contributed by atoms with Crippen LogP contribution in [0.25, 0.3) is 11.5 Å². The summed E-state index contributed by atoms with van der Waals surface area (Å²) >= 11 is 0. The normalized spacial score (nSPS) is 21.8. The van der Waals surface area contributed by atoms with Gasteiger partial charge in [-0.05, 0) is 44.2 Å². The Morgan fingerprint density at radius 2 is 2.11 bits per heavy atom. The summed E-state index contributed by atoms with van der Waals surface area (Å²) in [7, 11) is 0. The molecule has 1 fully saturated rings. The van der Waals surface area contributed by atoms with Gasteiger partial charge in [-0.15, -0.1) is 5.10 Å². The largest absolute Gasteiger partial charge is 0.354 e. The number of anilines is 1. The van der Waals surface area contributed by atoms with E-state index in [0.717, 1.165) is 42.0 Å². The highest BCUT2D eigenvalue weighted by molar-refractivity contribution is 5.51. The molecule has 0 spiro atoms. The summed E-state index contributed by atoms with van der Waals surface area (Å²) in [6.07, 6.45) is 3.83. The van der Waals surface area contributed by atoms with E-state index in [0.29, 0.717) is 6.04 Å². The van der Waals surface area contributed by atoms with E-state index in [-0.39, 0.29) is 0 Å². The van der Waals surface area contributed by atoms with E-state index in [2.05, 4.69) is 25.1 Å². The molecule has 5 nitrogen and oxygen atoms in total. The highest BCUT2D eigenvalue weighted by Gasteiger charge is 2.36. The predicted octanol–water partition coefficient (Wildman–Crippen LogP) is 2.42. The Bertz CT molecular complexity index is 614. The van der Waals surface area contributed by atoms with E-state index < -0.39 is 0 Å². The standard InChI is InChI=1S/C14H17N5/c1-9-3-2-4-11(16-9)13-17-14-15-8-7-12(10-5-6-10)19(14)18-13/h2-4,10,12H,5-8H2,1H3,(H,15,17,18). The third-order valence-electron chi connectivity index (χ3n) is 3.95. The van der Waals surface area contributed by atoms with Crippen molar-refractivity contribution in [1.29, 1.82) is 0 Å². The summed E-state index contributed by atoms with van der Waals surface area (Å²) in [5, 5.41) is 8.03. The Kier molecular flexibility index (Phi) is 2.33. The molecule has 1 unspecified atom stereocenters. The van der Waals surface area contributed by atoms with Gasteiger partial charge >= 0.3 is 0 Å². The lowest BCUT2D eigenvalue weighted by Crippen LogP contribution is -2.25. The zero-order valence-electron chi connectivity index (χ0n) is 11.0. The molecular formula is C14H17N5. The van der Waals surface area contributed by atoms with Gasteiger partial charge in [-0.3, -0.25) is 0 Å². The van der Waals surface area contributed by atoms with E-state index in [1.54, 1.807) is 0 Å². The molecular weight excluding hydrogens is 238 g/mol. The molecule has 19 heavy (non-hydrogen) atoms. The van der Waals surface area contributed by atoms with Crippen molar-refractivity contribution in [3.8, 4) is 11.5 Å². The van der Waals surface area contributed by atoms with E-state index in [9.17, 15) is 0 Å². The van der Waals surface area contributed by atoms with Crippen LogP contribution in [0.15, 0.2) is 18.2 Å². The van der Waals surface area contributed by atoms with Crippen molar-refractivity contribution in [2.45, 2.75) is 32.2 Å². The molecule has 0 aromatic carbocycles. The first-order chi connectivity index (χ1) is 9.31. The van der Waals surface area contributed by atoms with Gasteiger partial charge in [0.05, 0.1) is 6.04 Å². The second kappa shape index (κ2) is 4.05. The van der Waals surface area contributed by atoms with Gasteiger partial charge in [-0.25, -0.2) is 9.67 Å². The summed E-state index contributed by atoms with van der Waals surface area (Å²) < 4.78 is 2.08. The number of hydrogen-bond acceptors (Lipinski definition) is 4. The lowest BCUT2D eigenvalue weighted by atomic mass is 10.1. The maximum Gasteiger partial charge on any atom is 0.222 e. The van der Waals surface area contributed by atoms with Crippen LogP contribution in [0.3, 0.4) is 0 Å². The fourth-order valence-corrected chi connectivity index (χ4v) is 2.82. The van der Waals surface area contributed by atoms with Crippen LogP contribution in [-0.2, 0) is 0 Å². The van der Waals surface area contributed by atoms with Crippen molar-refractivity contribution in [1.82, 2.24) is 19.7 Å². The van der Waals surface area contributed by atoms with Crippen LogP contribution in [0, 0.1) is 12.8 Å². The summed E-state index contributed by atoms with van der Waals surface area (Å²) in [4.78, 5) is 9.11. The molecule has 1 aliphatic heterocycles. The van der Waals surface area contributed by atoms with Gasteiger partial charge < -0.3 is 5.32 Å². The van der Waals surface area contributed by atoms with Crippen LogP contribution >= 0.6 is 0 Å². The zero-order valence-corrected chi connectivity index (χ0v) is 11.0. The highest BCUT2D eigenvalue weighted by Crippen LogP contribution is 2.43. The van der Waals surface area contributed by atoms with Gasteiger partial charge in [0.25, 0.3) is 0 Å². The molecule has 1 aliphatic carbocycles. The lowest BCUT2D eigenvalue weighted by Gasteiger charge is -2.23. The fraction of sp³-hybridized carbons (Fsp3) is 0.500. The molecule has 5 heteroatoms. The van der Waals surface area contributed by atoms with E-state index in [4.69, 9.17) is 0 Å². The van der Waals surface area contributed by atoms with Gasteiger partial charge in [-0.2, -0.15) is 4.98 Å². The molecule has 1 saturated carbocycles. The maximum atomic E-state index is 4.69. The predicted molar refractivity (Wildman–Crippen MR) is 72.9 cm³/mol. The van der Waals surface area contributed by atoms with Gasteiger partial charge in [0, 0.05) is 12.2 Å². The van der Waals surface area contributed by atoms with Crippen molar-refractivity contribution >= 4 is 5.95 Å². The number of nitrogens with one attached hydrogen (secondary N) is 1. The molecule has 0 amide bonds. The smallest absolute Gasteiger partial charge is 0.222 e. The maximum absolute atomic E-state index is 4.69. The molecule has 4 rings (SSSR count). The molecule has 2 aliphatic rings. The van der Waals surface area contributed by atoms with Gasteiger partial charge in [-0.1, -0.05) is 6.07 Å². The summed E-state index contributed by atoms with van der Waals surface area (Å²) in [5.74, 6) is 2.45. The average Bonchev–Trinajstić information content (AvgIpc) is 3.16. The van der Waals surface area contributed by atoms with Crippen molar-refractivity contribution in [2.75, 3.05) is 11.9 Å². The molecule has 1 atom stereocenters. The Morgan fingerprint density at radius 1 is 1.21 bits per heavy atom. The molecule has 0 saturated heterocycles. The second-order valence-electron chi connectivity index (χ2n) is 5.49. The van der Waals surface area contributed by atoms with E-state index in [1.807, 2.05) is 25.1 Å². The quantitative estimate of drug-likeness (QED) is 0.895. The van der Waals surface area contributed by atoms with Crippen molar-refractivity contribution < 1.29 is 0 Å². The topological polar surface area (TPSA) is 55.6 Å². The van der Waals surface area contributed by atoms with Crippen LogP contribution in [0.1, 0.15) is 31.0 Å². The van der Waals surface area contributed by atoms with E-state index >= 15 is 0 Å². The van der Waals surface area contributed by atoms with Crippen LogP contribution in [-0.4, -0.2) is 26.3 Å². The lowest BCUT2D eigenvalue weighted by molar-refractivity contribution is 0.375. The van der Waals surface area contributed by atoms with Gasteiger partial charge in [0.15, 0.2) is 0 Å². The second-order valence-corrected chi connectivity index (χ2v) is 5.49. The Balaban J connectivity index is 1.75. The fourth-order valence-electron chi connectivity index (χ4n) is 2.82. The minimum atomic E-state index is 0.530. The highest BCUT2D eigenvalue weighted by atomic mass is 15.4. The summed E-state index contributed by atoms with van der Waals surface area (Å²) in [6, 6.07) is 6.50. The van der Waals surface area contributed by atoms with Gasteiger partial charge in [0.2, 0.25) is 11.8 Å². The number of rotatable bonds is 2. The molecule has 0 bridgehead atoms. The number of aromatic nitrogens is 4. The monoisotopic (exact) mass is 255 g/mol. The average molecular weight is 255 g/mol. The third-order valence-corrected chi connectivity index (χ3v) is 3.95. The minimum Gasteiger partial charge on any atom is -0.354 e. The molecule has 2 aromatic heterocycles. The molecule has 2 aromatic rings. The number of pyridine rings is 1. The van der Waals surface area contributed by atoms with Crippen molar-refractivity contribution in [3.63, 3.8) is 0 Å². The number of aryl methyl sites for hydroxylation is 1. The zero-order chi connectivity index (χ0) is 12.8. The molecule has 1 N–H and O–H groups in total. The number of fused-ring (bicyclic) bond motifs is 1. The molecule has 98 valence electrons. The summed E-state index contributed by atoms with van der Waals surface area (Å²) in [6.45, 7) is 2.99. The minimum absolute atomic E-state index is 0.530. The Hall–Kier alpha value is -1.91. The number of hydrogen-bond donors (Lipinski definition) is 1. The van der Waals surface area contributed by atoms with Crippen LogP contribution in [0.2, 0.25) is 0 Å². The van der Waals surface area contributed by atoms with Crippen LogP contribution < -0.4 is 5.32 Å². The Labute approximate surface area is 112 Å². The Morgan fingerprint density at radius 3 is 2.89 bits per heavy atom. The third kappa shape index (κ3) is 1.89. The first kappa shape index (κ1) is 11.0. The van der Waals surface area contributed by atoms with Crippen LogP contribution in [0.4, 0.5) is 5.95 Å². The first-order valence-electron chi connectivity index (χ1n) is 6.96.